The van der Waals surface area contributed by atoms with Crippen LogP contribution in [0.3, 0.4) is 0 Å². The maximum Gasteiger partial charge on any atom is 0.190 e. The number of guanidine groups is 1. The Bertz CT molecular complexity index is 312. The minimum atomic E-state index is 0.516. The van der Waals surface area contributed by atoms with Crippen molar-refractivity contribution in [2.45, 2.75) is 71.3 Å². The largest absolute Gasteiger partial charge is 0.378 e. The molecule has 2 N–H and O–H groups in total. The molecular weight excluding hydrogens is 300 g/mol. The van der Waals surface area contributed by atoms with Crippen molar-refractivity contribution in [2.24, 2.45) is 4.99 Å². The number of hydrogen-bond donors (Lipinski definition) is 2. The second-order valence-corrected chi connectivity index (χ2v) is 6.64. The van der Waals surface area contributed by atoms with Crippen LogP contribution < -0.4 is 10.6 Å². The molecule has 0 aromatic heterocycles. The Morgan fingerprint density at radius 1 is 1.00 bits per heavy atom. The zero-order chi connectivity index (χ0) is 17.5. The van der Waals surface area contributed by atoms with E-state index in [1.165, 1.54) is 51.5 Å². The predicted molar refractivity (Wildman–Crippen MR) is 104 cm³/mol. The molecule has 0 unspecified atom stereocenters. The number of hydrogen-bond acceptors (Lipinski definition) is 3. The van der Waals surface area contributed by atoms with Crippen LogP contribution in [0.5, 0.6) is 0 Å². The first-order chi connectivity index (χ1) is 11.8. The highest BCUT2D eigenvalue weighted by Gasteiger charge is 2.12. The van der Waals surface area contributed by atoms with Crippen LogP contribution in [-0.4, -0.2) is 63.3 Å². The third kappa shape index (κ3) is 10.1. The minimum absolute atomic E-state index is 0.516. The van der Waals surface area contributed by atoms with Gasteiger partial charge in [-0.3, -0.25) is 4.99 Å². The van der Waals surface area contributed by atoms with E-state index in [2.05, 4.69) is 34.4 Å². The predicted octanol–water partition coefficient (Wildman–Crippen LogP) is 3.01. The van der Waals surface area contributed by atoms with Gasteiger partial charge in [0, 0.05) is 26.7 Å². The molecule has 0 aromatic rings. The normalized spacial score (nSPS) is 16.6. The van der Waals surface area contributed by atoms with Gasteiger partial charge in [-0.1, -0.05) is 33.1 Å². The molecule has 24 heavy (non-hydrogen) atoms. The molecule has 0 radical (unpaired) electrons. The van der Waals surface area contributed by atoms with E-state index >= 15 is 0 Å². The van der Waals surface area contributed by atoms with Gasteiger partial charge in [0.2, 0.25) is 0 Å². The van der Waals surface area contributed by atoms with Crippen molar-refractivity contribution >= 4 is 5.96 Å². The molecule has 1 rings (SSSR count). The fraction of sp³-hybridized carbons (Fsp3) is 0.947. The van der Waals surface area contributed by atoms with Crippen LogP contribution in [0, 0.1) is 0 Å². The number of unbranched alkanes of at least 4 members (excludes halogenated alkanes) is 1. The molecule has 0 aromatic carbocycles. The Kier molecular flexibility index (Phi) is 12.9. The van der Waals surface area contributed by atoms with Gasteiger partial charge >= 0.3 is 0 Å². The van der Waals surface area contributed by atoms with E-state index in [4.69, 9.17) is 4.74 Å². The minimum Gasteiger partial charge on any atom is -0.378 e. The van der Waals surface area contributed by atoms with E-state index < -0.39 is 0 Å². The van der Waals surface area contributed by atoms with Crippen LogP contribution in [0.2, 0.25) is 0 Å². The number of aliphatic imine (C=N–C) groups is 1. The van der Waals surface area contributed by atoms with Crippen LogP contribution in [-0.2, 0) is 4.74 Å². The quantitative estimate of drug-likeness (QED) is 0.326. The van der Waals surface area contributed by atoms with Gasteiger partial charge < -0.3 is 20.3 Å². The molecule has 0 saturated heterocycles. The van der Waals surface area contributed by atoms with Crippen molar-refractivity contribution < 1.29 is 4.74 Å². The highest BCUT2D eigenvalue weighted by molar-refractivity contribution is 5.79. The van der Waals surface area contributed by atoms with E-state index in [0.717, 1.165) is 45.2 Å². The summed E-state index contributed by atoms with van der Waals surface area (Å²) in [5, 5.41) is 6.78. The molecule has 0 spiro atoms. The Morgan fingerprint density at radius 2 is 1.67 bits per heavy atom. The molecule has 0 aliphatic heterocycles. The SMILES string of the molecule is CCN(CC)CCCCNC(=NC)NCCCOC1CCCCC1. The Hall–Kier alpha value is -0.810. The van der Waals surface area contributed by atoms with Crippen LogP contribution >= 0.6 is 0 Å². The van der Waals surface area contributed by atoms with Gasteiger partial charge in [-0.05, 0) is 51.7 Å². The van der Waals surface area contributed by atoms with Crippen LogP contribution in [0.25, 0.3) is 0 Å². The third-order valence-electron chi connectivity index (χ3n) is 4.83. The summed E-state index contributed by atoms with van der Waals surface area (Å²) in [5.41, 5.74) is 0. The van der Waals surface area contributed by atoms with Gasteiger partial charge in [-0.2, -0.15) is 0 Å². The van der Waals surface area contributed by atoms with Crippen molar-refractivity contribution in [1.82, 2.24) is 15.5 Å². The summed E-state index contributed by atoms with van der Waals surface area (Å²) in [6.45, 7) is 10.7. The lowest BCUT2D eigenvalue weighted by Gasteiger charge is -2.22. The van der Waals surface area contributed by atoms with E-state index in [1.54, 1.807) is 0 Å². The molecule has 5 heteroatoms. The van der Waals surface area contributed by atoms with Crippen molar-refractivity contribution in [1.29, 1.82) is 0 Å². The average Bonchev–Trinajstić information content (AvgIpc) is 2.63. The first kappa shape index (κ1) is 21.2. The molecule has 0 amide bonds. The molecule has 0 bridgehead atoms. The number of rotatable bonds is 12. The molecule has 1 fully saturated rings. The van der Waals surface area contributed by atoms with E-state index in [0.29, 0.717) is 6.10 Å². The topological polar surface area (TPSA) is 48.9 Å². The number of ether oxygens (including phenoxy) is 1. The lowest BCUT2D eigenvalue weighted by Crippen LogP contribution is -2.38. The van der Waals surface area contributed by atoms with Gasteiger partial charge in [0.25, 0.3) is 0 Å². The van der Waals surface area contributed by atoms with Crippen molar-refractivity contribution in [3.8, 4) is 0 Å². The number of nitrogens with one attached hydrogen (secondary N) is 2. The van der Waals surface area contributed by atoms with Crippen molar-refractivity contribution in [2.75, 3.05) is 46.4 Å². The van der Waals surface area contributed by atoms with Crippen LogP contribution in [0.1, 0.15) is 65.2 Å². The summed E-state index contributed by atoms with van der Waals surface area (Å²) in [6.07, 6.45) is 10.6. The maximum atomic E-state index is 5.95. The molecule has 1 saturated carbocycles. The first-order valence-corrected chi connectivity index (χ1v) is 10.1. The summed E-state index contributed by atoms with van der Waals surface area (Å²) in [7, 11) is 1.84. The zero-order valence-electron chi connectivity index (χ0n) is 16.3. The Morgan fingerprint density at radius 3 is 2.29 bits per heavy atom. The van der Waals surface area contributed by atoms with E-state index in [-0.39, 0.29) is 0 Å². The van der Waals surface area contributed by atoms with Gasteiger partial charge in [0.05, 0.1) is 6.10 Å². The molecule has 5 nitrogen and oxygen atoms in total. The summed E-state index contributed by atoms with van der Waals surface area (Å²) in [5.74, 6) is 0.913. The maximum absolute atomic E-state index is 5.95. The van der Waals surface area contributed by atoms with Gasteiger partial charge in [0.1, 0.15) is 0 Å². The third-order valence-corrected chi connectivity index (χ3v) is 4.83. The summed E-state index contributed by atoms with van der Waals surface area (Å²) >= 11 is 0. The first-order valence-electron chi connectivity index (χ1n) is 10.1. The van der Waals surface area contributed by atoms with Crippen LogP contribution in [0.15, 0.2) is 4.99 Å². The van der Waals surface area contributed by atoms with Crippen molar-refractivity contribution in [3.63, 3.8) is 0 Å². The van der Waals surface area contributed by atoms with Gasteiger partial charge in [-0.15, -0.1) is 0 Å². The fourth-order valence-electron chi connectivity index (χ4n) is 3.19. The summed E-state index contributed by atoms with van der Waals surface area (Å²) in [6, 6.07) is 0. The standard InChI is InChI=1S/C19H40N4O/c1-4-23(5-2)16-10-9-14-21-19(20-3)22-15-11-17-24-18-12-7-6-8-13-18/h18H,4-17H2,1-3H3,(H2,20,21,22). The second kappa shape index (κ2) is 14.5. The Labute approximate surface area is 149 Å². The lowest BCUT2D eigenvalue weighted by molar-refractivity contribution is 0.0277. The monoisotopic (exact) mass is 340 g/mol. The number of nitrogens with zero attached hydrogens (tertiary/aromatic N) is 2. The summed E-state index contributed by atoms with van der Waals surface area (Å²) < 4.78 is 5.95. The second-order valence-electron chi connectivity index (χ2n) is 6.64. The molecule has 0 atom stereocenters. The highest BCUT2D eigenvalue weighted by Crippen LogP contribution is 2.20. The molecule has 1 aliphatic carbocycles. The highest BCUT2D eigenvalue weighted by atomic mass is 16.5. The smallest absolute Gasteiger partial charge is 0.190 e. The van der Waals surface area contributed by atoms with E-state index in [1.807, 2.05) is 7.05 Å². The van der Waals surface area contributed by atoms with E-state index in [9.17, 15) is 0 Å². The average molecular weight is 341 g/mol. The van der Waals surface area contributed by atoms with Gasteiger partial charge in [0.15, 0.2) is 5.96 Å². The van der Waals surface area contributed by atoms with Crippen molar-refractivity contribution in [3.05, 3.63) is 0 Å². The fourth-order valence-corrected chi connectivity index (χ4v) is 3.19. The Balaban J connectivity index is 1.96. The zero-order valence-corrected chi connectivity index (χ0v) is 16.3. The lowest BCUT2D eigenvalue weighted by atomic mass is 9.98. The van der Waals surface area contributed by atoms with Crippen LogP contribution in [0.4, 0.5) is 0 Å². The van der Waals surface area contributed by atoms with Gasteiger partial charge in [-0.25, -0.2) is 0 Å². The molecule has 0 heterocycles. The molecular formula is C19H40N4O. The molecule has 1 aliphatic rings. The molecule has 142 valence electrons. The summed E-state index contributed by atoms with van der Waals surface area (Å²) in [4.78, 5) is 6.76.